The van der Waals surface area contributed by atoms with Gasteiger partial charge in [0, 0.05) is 6.54 Å². The molecule has 2 N–H and O–H groups in total. The van der Waals surface area contributed by atoms with E-state index in [0.717, 1.165) is 0 Å². The van der Waals surface area contributed by atoms with Crippen molar-refractivity contribution in [3.05, 3.63) is 35.4 Å². The molecule has 0 saturated carbocycles. The average Bonchev–Trinajstić information content (AvgIpc) is 2.16. The number of rotatable bonds is 4. The van der Waals surface area contributed by atoms with Crippen molar-refractivity contribution in [1.82, 2.24) is 5.48 Å². The Bertz CT molecular complexity index is 369. The van der Waals surface area contributed by atoms with Crippen LogP contribution < -0.4 is 5.48 Å². The van der Waals surface area contributed by atoms with Crippen LogP contribution in [0.2, 0.25) is 0 Å². The number of aromatic carboxylic acids is 1. The second-order valence-electron chi connectivity index (χ2n) is 4.50. The number of nitrogens with one attached hydrogen (secondary N) is 1. The summed E-state index contributed by atoms with van der Waals surface area (Å²) in [5.41, 5.74) is 3.49. The molecule has 0 atom stereocenters. The van der Waals surface area contributed by atoms with Crippen LogP contribution in [0.25, 0.3) is 0 Å². The van der Waals surface area contributed by atoms with E-state index in [1.165, 1.54) is 0 Å². The summed E-state index contributed by atoms with van der Waals surface area (Å²) in [6, 6.07) is 6.86. The van der Waals surface area contributed by atoms with E-state index in [0.29, 0.717) is 17.7 Å². The molecule has 4 heteroatoms. The fourth-order valence-corrected chi connectivity index (χ4v) is 1.21. The first-order valence-electron chi connectivity index (χ1n) is 5.12. The normalized spacial score (nSPS) is 11.4. The molecule has 0 aromatic heterocycles. The van der Waals surface area contributed by atoms with E-state index in [1.807, 2.05) is 20.8 Å². The van der Waals surface area contributed by atoms with Crippen molar-refractivity contribution in [3.63, 3.8) is 0 Å². The van der Waals surface area contributed by atoms with Crippen LogP contribution in [-0.2, 0) is 11.4 Å². The molecule has 0 spiro atoms. The Labute approximate surface area is 95.2 Å². The quantitative estimate of drug-likeness (QED) is 0.768. The number of carboxylic acids is 1. The van der Waals surface area contributed by atoms with Crippen LogP contribution in [-0.4, -0.2) is 16.7 Å². The molecule has 0 amide bonds. The lowest BCUT2D eigenvalue weighted by Gasteiger charge is -2.19. The lowest BCUT2D eigenvalue weighted by Crippen LogP contribution is -2.29. The standard InChI is InChI=1S/C12H17NO3/c1-12(2,3)16-13-8-9-6-4-5-7-10(9)11(14)15/h4-7,13H,8H2,1-3H3,(H,14,15). The van der Waals surface area contributed by atoms with E-state index in [4.69, 9.17) is 9.94 Å². The molecule has 1 aromatic carbocycles. The van der Waals surface area contributed by atoms with Gasteiger partial charge in [0.25, 0.3) is 0 Å². The van der Waals surface area contributed by atoms with Crippen molar-refractivity contribution >= 4 is 5.97 Å². The van der Waals surface area contributed by atoms with Crippen molar-refractivity contribution in [3.8, 4) is 0 Å². The lowest BCUT2D eigenvalue weighted by atomic mass is 10.1. The number of hydroxylamine groups is 1. The highest BCUT2D eigenvalue weighted by Gasteiger charge is 2.12. The maximum Gasteiger partial charge on any atom is 0.336 e. The molecule has 1 rings (SSSR count). The molecule has 0 aliphatic rings. The maximum atomic E-state index is 10.9. The monoisotopic (exact) mass is 223 g/mol. The van der Waals surface area contributed by atoms with E-state index < -0.39 is 5.97 Å². The number of carboxylic acid groups (broad SMARTS) is 1. The minimum absolute atomic E-state index is 0.293. The first kappa shape index (κ1) is 12.7. The van der Waals surface area contributed by atoms with Gasteiger partial charge in [0.2, 0.25) is 0 Å². The van der Waals surface area contributed by atoms with Gasteiger partial charge in [-0.05, 0) is 32.4 Å². The summed E-state index contributed by atoms with van der Waals surface area (Å²) < 4.78 is 0. The van der Waals surface area contributed by atoms with Crippen molar-refractivity contribution in [1.29, 1.82) is 0 Å². The Kier molecular flexibility index (Phi) is 4.04. The molecule has 0 radical (unpaired) electrons. The summed E-state index contributed by atoms with van der Waals surface area (Å²) in [7, 11) is 0. The fraction of sp³-hybridized carbons (Fsp3) is 0.417. The van der Waals surface area contributed by atoms with E-state index in [2.05, 4.69) is 5.48 Å². The highest BCUT2D eigenvalue weighted by Crippen LogP contribution is 2.10. The Morgan fingerprint density at radius 3 is 2.56 bits per heavy atom. The van der Waals surface area contributed by atoms with Gasteiger partial charge in [-0.3, -0.25) is 4.84 Å². The van der Waals surface area contributed by atoms with Crippen LogP contribution in [0.1, 0.15) is 36.7 Å². The van der Waals surface area contributed by atoms with Crippen LogP contribution in [0.15, 0.2) is 24.3 Å². The van der Waals surface area contributed by atoms with Crippen LogP contribution in [0.4, 0.5) is 0 Å². The van der Waals surface area contributed by atoms with Gasteiger partial charge < -0.3 is 5.11 Å². The topological polar surface area (TPSA) is 58.6 Å². The van der Waals surface area contributed by atoms with Gasteiger partial charge in [-0.25, -0.2) is 4.79 Å². The third kappa shape index (κ3) is 4.00. The smallest absolute Gasteiger partial charge is 0.336 e. The molecular formula is C12H17NO3. The van der Waals surface area contributed by atoms with E-state index in [-0.39, 0.29) is 5.60 Å². The maximum absolute atomic E-state index is 10.9. The average molecular weight is 223 g/mol. The minimum Gasteiger partial charge on any atom is -0.478 e. The van der Waals surface area contributed by atoms with Gasteiger partial charge in [0.15, 0.2) is 0 Å². The summed E-state index contributed by atoms with van der Waals surface area (Å²) in [6.07, 6.45) is 0. The number of hydrogen-bond donors (Lipinski definition) is 2. The highest BCUT2D eigenvalue weighted by atomic mass is 16.7. The SMILES string of the molecule is CC(C)(C)ONCc1ccccc1C(=O)O. The molecule has 0 bridgehead atoms. The predicted molar refractivity (Wildman–Crippen MR) is 61.1 cm³/mol. The van der Waals surface area contributed by atoms with Crippen molar-refractivity contribution in [2.24, 2.45) is 0 Å². The third-order valence-corrected chi connectivity index (χ3v) is 1.89. The minimum atomic E-state index is -0.923. The Hall–Kier alpha value is -1.39. The second kappa shape index (κ2) is 5.09. The van der Waals surface area contributed by atoms with Crippen molar-refractivity contribution in [2.75, 3.05) is 0 Å². The Morgan fingerprint density at radius 1 is 1.38 bits per heavy atom. The van der Waals surface area contributed by atoms with Crippen LogP contribution in [0.5, 0.6) is 0 Å². The number of hydrogen-bond acceptors (Lipinski definition) is 3. The molecular weight excluding hydrogens is 206 g/mol. The van der Waals surface area contributed by atoms with E-state index in [1.54, 1.807) is 24.3 Å². The molecule has 1 aromatic rings. The van der Waals surface area contributed by atoms with E-state index in [9.17, 15) is 4.79 Å². The molecule has 0 aliphatic carbocycles. The summed E-state index contributed by atoms with van der Waals surface area (Å²) in [5, 5.41) is 8.96. The number of carbonyl (C=O) groups is 1. The van der Waals surface area contributed by atoms with Crippen molar-refractivity contribution in [2.45, 2.75) is 32.9 Å². The summed E-state index contributed by atoms with van der Waals surface area (Å²) in [5.74, 6) is -0.923. The highest BCUT2D eigenvalue weighted by molar-refractivity contribution is 5.89. The molecule has 0 saturated heterocycles. The van der Waals surface area contributed by atoms with Crippen molar-refractivity contribution < 1.29 is 14.7 Å². The van der Waals surface area contributed by atoms with Gasteiger partial charge >= 0.3 is 5.97 Å². The molecule has 16 heavy (non-hydrogen) atoms. The molecule has 4 nitrogen and oxygen atoms in total. The van der Waals surface area contributed by atoms with Gasteiger partial charge in [0.1, 0.15) is 0 Å². The predicted octanol–water partition coefficient (Wildman–Crippen LogP) is 2.20. The first-order valence-corrected chi connectivity index (χ1v) is 5.12. The first-order chi connectivity index (χ1) is 7.40. The Morgan fingerprint density at radius 2 is 2.00 bits per heavy atom. The van der Waals surface area contributed by atoms with Gasteiger partial charge in [-0.2, -0.15) is 5.48 Å². The zero-order valence-corrected chi connectivity index (χ0v) is 9.78. The van der Waals surface area contributed by atoms with Crippen LogP contribution >= 0.6 is 0 Å². The third-order valence-electron chi connectivity index (χ3n) is 1.89. The molecule has 0 unspecified atom stereocenters. The Balaban J connectivity index is 2.64. The second-order valence-corrected chi connectivity index (χ2v) is 4.50. The zero-order chi connectivity index (χ0) is 12.2. The van der Waals surface area contributed by atoms with Crippen LogP contribution in [0, 0.1) is 0 Å². The molecule has 0 heterocycles. The van der Waals surface area contributed by atoms with Crippen LogP contribution in [0.3, 0.4) is 0 Å². The molecule has 0 fully saturated rings. The molecule has 88 valence electrons. The van der Waals surface area contributed by atoms with Gasteiger partial charge in [0.05, 0.1) is 11.2 Å². The summed E-state index contributed by atoms with van der Waals surface area (Å²) in [6.45, 7) is 6.13. The van der Waals surface area contributed by atoms with E-state index >= 15 is 0 Å². The van der Waals surface area contributed by atoms with Gasteiger partial charge in [-0.1, -0.05) is 18.2 Å². The largest absolute Gasteiger partial charge is 0.478 e. The van der Waals surface area contributed by atoms with Gasteiger partial charge in [-0.15, -0.1) is 0 Å². The zero-order valence-electron chi connectivity index (χ0n) is 9.78. The fourth-order valence-electron chi connectivity index (χ4n) is 1.21. The summed E-state index contributed by atoms with van der Waals surface area (Å²) in [4.78, 5) is 16.2. The lowest BCUT2D eigenvalue weighted by molar-refractivity contribution is -0.0758. The molecule has 0 aliphatic heterocycles. The summed E-state index contributed by atoms with van der Waals surface area (Å²) >= 11 is 0. The number of benzene rings is 1.